The second-order valence-electron chi connectivity index (χ2n) is 6.75. The van der Waals surface area contributed by atoms with Gasteiger partial charge in [-0.05, 0) is 43.4 Å². The van der Waals surface area contributed by atoms with Crippen molar-refractivity contribution in [3.05, 3.63) is 40.3 Å². The molecular weight excluding hydrogens is 414 g/mol. The average Bonchev–Trinajstić information content (AvgIpc) is 3.15. The maximum atomic E-state index is 13.5. The number of alkyl halides is 2. The van der Waals surface area contributed by atoms with Gasteiger partial charge in [-0.15, -0.1) is 11.3 Å². The number of aromatic nitrogens is 2. The summed E-state index contributed by atoms with van der Waals surface area (Å²) in [7, 11) is 0. The molecule has 1 amide bonds. The molecule has 1 N–H and O–H groups in total. The molecule has 29 heavy (non-hydrogen) atoms. The highest BCUT2D eigenvalue weighted by atomic mass is 32.2. The first-order valence-electron chi connectivity index (χ1n) is 9.31. The largest absolute Gasteiger partial charge is 0.321 e. The number of halogens is 2. The third-order valence-corrected chi connectivity index (χ3v) is 7.04. The number of nitrogens with zero attached hydrogens (tertiary/aromatic N) is 3. The molecule has 1 aliphatic rings. The van der Waals surface area contributed by atoms with Crippen molar-refractivity contribution in [2.75, 3.05) is 11.1 Å². The number of benzene rings is 1. The molecule has 0 radical (unpaired) electrons. The number of thiophene rings is 1. The number of para-hydroxylation sites is 2. The van der Waals surface area contributed by atoms with Crippen molar-refractivity contribution in [2.45, 2.75) is 43.8 Å². The summed E-state index contributed by atoms with van der Waals surface area (Å²) in [5.41, 5.74) is 2.39. The van der Waals surface area contributed by atoms with Crippen LogP contribution in [0, 0.1) is 11.3 Å². The second kappa shape index (κ2) is 8.51. The molecule has 4 rings (SSSR count). The summed E-state index contributed by atoms with van der Waals surface area (Å²) in [5, 5.41) is 13.0. The Hall–Kier alpha value is -2.44. The monoisotopic (exact) mass is 432 g/mol. The van der Waals surface area contributed by atoms with Gasteiger partial charge in [0.05, 0.1) is 22.3 Å². The molecule has 5 nitrogen and oxygen atoms in total. The quantitative estimate of drug-likeness (QED) is 0.435. The first-order chi connectivity index (χ1) is 14.1. The molecular formula is C20H18F2N4OS2. The van der Waals surface area contributed by atoms with Crippen molar-refractivity contribution in [3.8, 4) is 6.07 Å². The Morgan fingerprint density at radius 2 is 2.10 bits per heavy atom. The van der Waals surface area contributed by atoms with E-state index >= 15 is 0 Å². The van der Waals surface area contributed by atoms with Crippen LogP contribution in [0.4, 0.5) is 13.8 Å². The average molecular weight is 433 g/mol. The Bertz CT molecular complexity index is 1100. The van der Waals surface area contributed by atoms with E-state index < -0.39 is 6.55 Å². The maximum Gasteiger partial charge on any atom is 0.321 e. The summed E-state index contributed by atoms with van der Waals surface area (Å²) in [6, 6.07) is 8.88. The van der Waals surface area contributed by atoms with E-state index in [0.29, 0.717) is 21.6 Å². The number of imidazole rings is 1. The van der Waals surface area contributed by atoms with E-state index in [1.807, 2.05) is 0 Å². The zero-order chi connectivity index (χ0) is 20.4. The van der Waals surface area contributed by atoms with Crippen molar-refractivity contribution in [1.29, 1.82) is 5.26 Å². The summed E-state index contributed by atoms with van der Waals surface area (Å²) >= 11 is 2.42. The third-order valence-electron chi connectivity index (χ3n) is 4.88. The van der Waals surface area contributed by atoms with Crippen molar-refractivity contribution >= 4 is 45.0 Å². The smallest absolute Gasteiger partial charge is 0.316 e. The van der Waals surface area contributed by atoms with E-state index in [1.54, 1.807) is 24.3 Å². The zero-order valence-electron chi connectivity index (χ0n) is 15.5. The summed E-state index contributed by atoms with van der Waals surface area (Å²) in [5.74, 6) is -0.403. The van der Waals surface area contributed by atoms with Crippen LogP contribution in [0.2, 0.25) is 0 Å². The van der Waals surface area contributed by atoms with Crippen LogP contribution in [0.25, 0.3) is 11.0 Å². The number of amides is 1. The highest BCUT2D eigenvalue weighted by Crippen LogP contribution is 2.37. The number of carbonyl (C=O) groups is 1. The molecule has 1 aromatic carbocycles. The molecule has 0 aliphatic heterocycles. The predicted octanol–water partition coefficient (Wildman–Crippen LogP) is 5.36. The van der Waals surface area contributed by atoms with Crippen molar-refractivity contribution in [1.82, 2.24) is 9.55 Å². The number of aryl methyl sites for hydroxylation is 1. The van der Waals surface area contributed by atoms with Crippen LogP contribution < -0.4 is 5.32 Å². The van der Waals surface area contributed by atoms with E-state index in [9.17, 15) is 18.8 Å². The summed E-state index contributed by atoms with van der Waals surface area (Å²) in [4.78, 5) is 17.9. The molecule has 0 saturated heterocycles. The summed E-state index contributed by atoms with van der Waals surface area (Å²) in [6.07, 6.45) is 5.07. The van der Waals surface area contributed by atoms with Crippen LogP contribution in [0.1, 0.15) is 41.8 Å². The topological polar surface area (TPSA) is 70.7 Å². The van der Waals surface area contributed by atoms with Crippen molar-refractivity contribution in [3.63, 3.8) is 0 Å². The fraction of sp³-hybridized carbons (Fsp3) is 0.350. The van der Waals surface area contributed by atoms with Gasteiger partial charge in [-0.2, -0.15) is 14.0 Å². The molecule has 150 valence electrons. The van der Waals surface area contributed by atoms with Crippen molar-refractivity contribution < 1.29 is 13.6 Å². The minimum Gasteiger partial charge on any atom is -0.316 e. The number of thioether (sulfide) groups is 1. The van der Waals surface area contributed by atoms with Crippen LogP contribution in [-0.4, -0.2) is 21.2 Å². The third kappa shape index (κ3) is 4.00. The standard InChI is InChI=1S/C20H18F2N4OS2/c21-19(22)26-15-8-5-4-7-14(15)24-20(26)28-11-17(27)25-18-13(10-23)12-6-2-1-3-9-16(12)29-18/h4-5,7-8,19H,1-3,6,9,11H2,(H,25,27). The van der Waals surface area contributed by atoms with Gasteiger partial charge in [0, 0.05) is 4.88 Å². The molecule has 0 spiro atoms. The number of hydrogen-bond acceptors (Lipinski definition) is 5. The van der Waals surface area contributed by atoms with E-state index in [-0.39, 0.29) is 16.8 Å². The number of hydrogen-bond donors (Lipinski definition) is 1. The molecule has 2 heterocycles. The minimum absolute atomic E-state index is 0.0660. The highest BCUT2D eigenvalue weighted by Gasteiger charge is 2.22. The van der Waals surface area contributed by atoms with Crippen LogP contribution in [0.5, 0.6) is 0 Å². The Morgan fingerprint density at radius 3 is 2.90 bits per heavy atom. The first kappa shape index (κ1) is 19.9. The van der Waals surface area contributed by atoms with Crippen LogP contribution >= 0.6 is 23.1 Å². The summed E-state index contributed by atoms with van der Waals surface area (Å²) in [6.45, 7) is -2.74. The lowest BCUT2D eigenvalue weighted by Gasteiger charge is -2.07. The SMILES string of the molecule is N#Cc1c(NC(=O)CSc2nc3ccccc3n2C(F)F)sc2c1CCCCC2. The number of nitrogens with one attached hydrogen (secondary N) is 1. The fourth-order valence-corrected chi connectivity index (χ4v) is 5.62. The molecule has 0 saturated carbocycles. The number of rotatable bonds is 5. The molecule has 9 heteroatoms. The molecule has 2 aromatic heterocycles. The Kier molecular flexibility index (Phi) is 5.83. The highest BCUT2D eigenvalue weighted by molar-refractivity contribution is 7.99. The summed E-state index contributed by atoms with van der Waals surface area (Å²) < 4.78 is 27.8. The Labute approximate surface area is 174 Å². The van der Waals surface area contributed by atoms with Gasteiger partial charge in [0.15, 0.2) is 5.16 Å². The van der Waals surface area contributed by atoms with Gasteiger partial charge >= 0.3 is 6.55 Å². The maximum absolute atomic E-state index is 13.5. The van der Waals surface area contributed by atoms with Gasteiger partial charge in [-0.1, -0.05) is 30.3 Å². The predicted molar refractivity (Wildman–Crippen MR) is 111 cm³/mol. The van der Waals surface area contributed by atoms with Gasteiger partial charge < -0.3 is 5.32 Å². The van der Waals surface area contributed by atoms with Crippen molar-refractivity contribution in [2.24, 2.45) is 0 Å². The number of nitriles is 1. The lowest BCUT2D eigenvalue weighted by molar-refractivity contribution is -0.113. The van der Waals surface area contributed by atoms with E-state index in [0.717, 1.165) is 54.0 Å². The molecule has 0 fully saturated rings. The van der Waals surface area contributed by atoms with Crippen LogP contribution in [0.3, 0.4) is 0 Å². The van der Waals surface area contributed by atoms with Crippen LogP contribution in [0.15, 0.2) is 29.4 Å². The second-order valence-corrected chi connectivity index (χ2v) is 8.80. The Balaban J connectivity index is 1.50. The normalized spacial score (nSPS) is 13.9. The first-order valence-corrected chi connectivity index (χ1v) is 11.1. The Morgan fingerprint density at radius 1 is 1.31 bits per heavy atom. The number of anilines is 1. The van der Waals surface area contributed by atoms with E-state index in [1.165, 1.54) is 16.2 Å². The van der Waals surface area contributed by atoms with Gasteiger partial charge in [0.1, 0.15) is 11.1 Å². The van der Waals surface area contributed by atoms with E-state index in [2.05, 4.69) is 16.4 Å². The van der Waals surface area contributed by atoms with E-state index in [4.69, 9.17) is 0 Å². The molecule has 1 aliphatic carbocycles. The molecule has 3 aromatic rings. The van der Waals surface area contributed by atoms with Gasteiger partial charge in [0.25, 0.3) is 0 Å². The lowest BCUT2D eigenvalue weighted by atomic mass is 10.1. The van der Waals surface area contributed by atoms with Gasteiger partial charge in [-0.25, -0.2) is 4.98 Å². The van der Waals surface area contributed by atoms with Crippen LogP contribution in [-0.2, 0) is 17.6 Å². The fourth-order valence-electron chi connectivity index (χ4n) is 3.55. The molecule has 0 atom stereocenters. The molecule has 0 bridgehead atoms. The molecule has 0 unspecified atom stereocenters. The minimum atomic E-state index is -2.74. The number of fused-ring (bicyclic) bond motifs is 2. The van der Waals surface area contributed by atoms with Gasteiger partial charge in [0.2, 0.25) is 5.91 Å². The lowest BCUT2D eigenvalue weighted by Crippen LogP contribution is -2.14. The number of carbonyl (C=O) groups excluding carboxylic acids is 1. The zero-order valence-corrected chi connectivity index (χ0v) is 17.1. The van der Waals surface area contributed by atoms with Gasteiger partial charge in [-0.3, -0.25) is 9.36 Å².